The Morgan fingerprint density at radius 3 is 2.17 bits per heavy atom. The first kappa shape index (κ1) is 17.5. The smallest absolute Gasteiger partial charge is 0.246 e. The van der Waals surface area contributed by atoms with Crippen molar-refractivity contribution in [2.24, 2.45) is 0 Å². The van der Waals surface area contributed by atoms with Crippen LogP contribution in [0.3, 0.4) is 0 Å². The Labute approximate surface area is 133 Å². The number of aliphatic hydroxyl groups is 1. The molecule has 0 saturated heterocycles. The van der Waals surface area contributed by atoms with Crippen molar-refractivity contribution in [3.63, 3.8) is 0 Å². The largest absolute Gasteiger partial charge is 0.388 e. The van der Waals surface area contributed by atoms with Gasteiger partial charge in [-0.05, 0) is 31.0 Å². The molecule has 0 fully saturated rings. The van der Waals surface area contributed by atoms with Crippen LogP contribution >= 0.6 is 0 Å². The Morgan fingerprint density at radius 1 is 1.04 bits per heavy atom. The fourth-order valence-corrected chi connectivity index (χ4v) is 3.65. The maximum Gasteiger partial charge on any atom is 0.246 e. The minimum Gasteiger partial charge on any atom is -0.388 e. The van der Waals surface area contributed by atoms with Gasteiger partial charge in [-0.3, -0.25) is 0 Å². The van der Waals surface area contributed by atoms with E-state index in [1.54, 1.807) is 30.3 Å². The van der Waals surface area contributed by atoms with Gasteiger partial charge in [0.25, 0.3) is 0 Å². The summed E-state index contributed by atoms with van der Waals surface area (Å²) in [4.78, 5) is -1.01. The number of aliphatic hydroxyl groups excluding tert-OH is 1. The van der Waals surface area contributed by atoms with E-state index in [2.05, 4.69) is 4.72 Å². The van der Waals surface area contributed by atoms with E-state index >= 15 is 0 Å². The molecule has 0 aliphatic carbocycles. The molecular formula is C16H17F2NO3S. The van der Waals surface area contributed by atoms with Crippen LogP contribution in [0.15, 0.2) is 53.4 Å². The van der Waals surface area contributed by atoms with E-state index in [9.17, 15) is 22.3 Å². The molecule has 23 heavy (non-hydrogen) atoms. The summed E-state index contributed by atoms with van der Waals surface area (Å²) in [6, 6.07) is 10.8. The highest BCUT2D eigenvalue weighted by molar-refractivity contribution is 7.89. The molecule has 0 bridgehead atoms. The first-order chi connectivity index (χ1) is 10.8. The van der Waals surface area contributed by atoms with E-state index < -0.39 is 38.7 Å². The Morgan fingerprint density at radius 2 is 1.61 bits per heavy atom. The van der Waals surface area contributed by atoms with Crippen LogP contribution in [-0.2, 0) is 10.0 Å². The predicted octanol–water partition coefficient (Wildman–Crippen LogP) is 2.76. The summed E-state index contributed by atoms with van der Waals surface area (Å²) < 4.78 is 53.7. The molecule has 2 rings (SSSR count). The maximum absolute atomic E-state index is 13.6. The molecule has 0 spiro atoms. The van der Waals surface area contributed by atoms with E-state index in [1.165, 1.54) is 6.92 Å². The molecule has 7 heteroatoms. The number of benzene rings is 2. The summed E-state index contributed by atoms with van der Waals surface area (Å²) in [5.41, 5.74) is 0.635. The van der Waals surface area contributed by atoms with Crippen LogP contribution in [0.1, 0.15) is 25.0 Å². The highest BCUT2D eigenvalue weighted by Gasteiger charge is 2.26. The zero-order valence-electron chi connectivity index (χ0n) is 12.4. The number of nitrogens with one attached hydrogen (secondary N) is 1. The second-order valence-corrected chi connectivity index (χ2v) is 6.89. The van der Waals surface area contributed by atoms with Gasteiger partial charge in [0, 0.05) is 6.04 Å². The fourth-order valence-electron chi connectivity index (χ4n) is 2.26. The van der Waals surface area contributed by atoms with Crippen LogP contribution in [-0.4, -0.2) is 19.6 Å². The van der Waals surface area contributed by atoms with E-state index in [1.807, 2.05) is 0 Å². The van der Waals surface area contributed by atoms with Gasteiger partial charge in [-0.25, -0.2) is 21.9 Å². The molecule has 2 aromatic rings. The zero-order valence-corrected chi connectivity index (χ0v) is 13.2. The molecule has 0 radical (unpaired) electrons. The van der Waals surface area contributed by atoms with Crippen molar-refractivity contribution in [2.75, 3.05) is 0 Å². The van der Waals surface area contributed by atoms with E-state index in [-0.39, 0.29) is 6.42 Å². The molecule has 124 valence electrons. The molecule has 2 aromatic carbocycles. The van der Waals surface area contributed by atoms with Gasteiger partial charge in [0.15, 0.2) is 4.90 Å². The summed E-state index contributed by atoms with van der Waals surface area (Å²) in [5, 5.41) is 10.1. The van der Waals surface area contributed by atoms with E-state index in [4.69, 9.17) is 0 Å². The van der Waals surface area contributed by atoms with Gasteiger partial charge >= 0.3 is 0 Å². The summed E-state index contributed by atoms with van der Waals surface area (Å²) >= 11 is 0. The van der Waals surface area contributed by atoms with Crippen molar-refractivity contribution >= 4 is 10.0 Å². The SMILES string of the molecule is C[C@H](C[C@H](O)c1ccccc1)NS(=O)(=O)c1c(F)cccc1F. The number of rotatable bonds is 6. The summed E-state index contributed by atoms with van der Waals surface area (Å²) in [6.07, 6.45) is -0.821. The molecule has 0 amide bonds. The van der Waals surface area contributed by atoms with Crippen molar-refractivity contribution in [3.8, 4) is 0 Å². The number of sulfonamides is 1. The first-order valence-corrected chi connectivity index (χ1v) is 8.49. The molecule has 0 saturated carbocycles. The lowest BCUT2D eigenvalue weighted by Crippen LogP contribution is -2.34. The number of halogens is 2. The molecule has 0 heterocycles. The molecule has 0 aromatic heterocycles. The normalized spacial score (nSPS) is 14.4. The van der Waals surface area contributed by atoms with Crippen LogP contribution < -0.4 is 4.72 Å². The van der Waals surface area contributed by atoms with Gasteiger partial charge in [-0.2, -0.15) is 0 Å². The third-order valence-corrected chi connectivity index (χ3v) is 4.95. The lowest BCUT2D eigenvalue weighted by molar-refractivity contribution is 0.158. The van der Waals surface area contributed by atoms with Gasteiger partial charge in [-0.1, -0.05) is 36.4 Å². The third-order valence-electron chi connectivity index (χ3n) is 3.31. The van der Waals surface area contributed by atoms with Crippen molar-refractivity contribution in [1.82, 2.24) is 4.72 Å². The molecule has 0 aliphatic heterocycles. The number of hydrogen-bond donors (Lipinski definition) is 2. The highest BCUT2D eigenvalue weighted by atomic mass is 32.2. The average molecular weight is 341 g/mol. The Bertz CT molecular complexity index is 746. The fraction of sp³-hybridized carbons (Fsp3) is 0.250. The van der Waals surface area contributed by atoms with E-state index in [0.29, 0.717) is 5.56 Å². The molecule has 0 aliphatic rings. The lowest BCUT2D eigenvalue weighted by Gasteiger charge is -2.18. The average Bonchev–Trinajstić information content (AvgIpc) is 2.46. The van der Waals surface area contributed by atoms with Crippen LogP contribution in [0, 0.1) is 11.6 Å². The van der Waals surface area contributed by atoms with Gasteiger partial charge in [-0.15, -0.1) is 0 Å². The zero-order chi connectivity index (χ0) is 17.0. The van der Waals surface area contributed by atoms with Crippen LogP contribution in [0.4, 0.5) is 8.78 Å². The van der Waals surface area contributed by atoms with Gasteiger partial charge in [0.2, 0.25) is 10.0 Å². The van der Waals surface area contributed by atoms with Crippen LogP contribution in [0.25, 0.3) is 0 Å². The predicted molar refractivity (Wildman–Crippen MR) is 82.2 cm³/mol. The van der Waals surface area contributed by atoms with Gasteiger partial charge in [0.05, 0.1) is 6.10 Å². The lowest BCUT2D eigenvalue weighted by atomic mass is 10.0. The third kappa shape index (κ3) is 4.34. The summed E-state index contributed by atoms with van der Waals surface area (Å²) in [6.45, 7) is 1.52. The quantitative estimate of drug-likeness (QED) is 0.849. The summed E-state index contributed by atoms with van der Waals surface area (Å²) in [7, 11) is -4.36. The van der Waals surface area contributed by atoms with Crippen molar-refractivity contribution in [1.29, 1.82) is 0 Å². The minimum absolute atomic E-state index is 0.0688. The molecule has 2 atom stereocenters. The molecular weight excluding hydrogens is 324 g/mol. The topological polar surface area (TPSA) is 66.4 Å². The van der Waals surface area contributed by atoms with Gasteiger partial charge < -0.3 is 5.11 Å². The van der Waals surface area contributed by atoms with Crippen molar-refractivity contribution in [2.45, 2.75) is 30.4 Å². The Hall–Kier alpha value is -1.83. The maximum atomic E-state index is 13.6. The second kappa shape index (κ2) is 7.16. The Balaban J connectivity index is 2.11. The monoisotopic (exact) mass is 341 g/mol. The molecule has 0 unspecified atom stereocenters. The molecule has 4 nitrogen and oxygen atoms in total. The standard InChI is InChI=1S/C16H17F2NO3S/c1-11(10-15(20)12-6-3-2-4-7-12)19-23(21,22)16-13(17)8-5-9-14(16)18/h2-9,11,15,19-20H,10H2,1H3/t11-,15+/m1/s1. The van der Waals surface area contributed by atoms with Gasteiger partial charge in [0.1, 0.15) is 11.6 Å². The van der Waals surface area contributed by atoms with Crippen molar-refractivity contribution in [3.05, 3.63) is 65.7 Å². The minimum atomic E-state index is -4.36. The Kier molecular flexibility index (Phi) is 5.46. The molecule has 2 N–H and O–H groups in total. The number of hydrogen-bond acceptors (Lipinski definition) is 3. The second-order valence-electron chi connectivity index (χ2n) is 5.24. The van der Waals surface area contributed by atoms with Crippen molar-refractivity contribution < 1.29 is 22.3 Å². The van der Waals surface area contributed by atoms with Crippen LogP contribution in [0.2, 0.25) is 0 Å². The summed E-state index contributed by atoms with van der Waals surface area (Å²) in [5.74, 6) is -2.32. The van der Waals surface area contributed by atoms with Crippen LogP contribution in [0.5, 0.6) is 0 Å². The first-order valence-electron chi connectivity index (χ1n) is 7.00. The highest BCUT2D eigenvalue weighted by Crippen LogP contribution is 2.21. The van der Waals surface area contributed by atoms with E-state index in [0.717, 1.165) is 18.2 Å².